The minimum absolute atomic E-state index is 0.109. The van der Waals surface area contributed by atoms with E-state index in [2.05, 4.69) is 10.3 Å². The second kappa shape index (κ2) is 5.59. The van der Waals surface area contributed by atoms with Gasteiger partial charge in [-0.1, -0.05) is 29.8 Å². The van der Waals surface area contributed by atoms with E-state index in [0.29, 0.717) is 5.02 Å². The van der Waals surface area contributed by atoms with Gasteiger partial charge in [-0.15, -0.1) is 0 Å². The summed E-state index contributed by atoms with van der Waals surface area (Å²) < 4.78 is 0. The number of aromatic hydroxyl groups is 1. The molecule has 1 atom stereocenters. The van der Waals surface area contributed by atoms with Crippen LogP contribution in [0.25, 0.3) is 11.1 Å². The van der Waals surface area contributed by atoms with Crippen LogP contribution in [0.2, 0.25) is 5.02 Å². The van der Waals surface area contributed by atoms with E-state index in [9.17, 15) is 9.90 Å². The van der Waals surface area contributed by atoms with Crippen molar-refractivity contribution in [3.05, 3.63) is 53.1 Å². The second-order valence-electron chi connectivity index (χ2n) is 5.74. The molecule has 6 heteroatoms. The highest BCUT2D eigenvalue weighted by Crippen LogP contribution is 2.37. The maximum atomic E-state index is 11.8. The van der Waals surface area contributed by atoms with E-state index in [1.165, 1.54) is 0 Å². The fourth-order valence-electron chi connectivity index (χ4n) is 2.75. The summed E-state index contributed by atoms with van der Waals surface area (Å²) in [4.78, 5) is 16.2. The smallest absolute Gasteiger partial charge is 0.229 e. The Morgan fingerprint density at radius 1 is 1.30 bits per heavy atom. The molecule has 2 aromatic carbocycles. The lowest BCUT2D eigenvalue weighted by molar-refractivity contribution is -0.121. The van der Waals surface area contributed by atoms with Crippen molar-refractivity contribution in [3.8, 4) is 16.9 Å². The standard InChI is InChI=1S/C17H16ClN3O2/c1-17(9-15(23)20-16(19)21-17)11-5-6-14(18)13(8-11)10-3-2-4-12(22)7-10/h2-8,22H,9H2,1H3,(H3,19,20,21,23). The van der Waals surface area contributed by atoms with Crippen molar-refractivity contribution in [2.75, 3.05) is 0 Å². The summed E-state index contributed by atoms with van der Waals surface area (Å²) in [5.74, 6) is 0.0981. The minimum atomic E-state index is -0.747. The van der Waals surface area contributed by atoms with Gasteiger partial charge in [0.1, 0.15) is 5.75 Å². The zero-order valence-electron chi connectivity index (χ0n) is 12.5. The predicted octanol–water partition coefficient (Wildman–Crippen LogP) is 2.76. The average Bonchev–Trinajstić information content (AvgIpc) is 2.46. The number of phenols is 1. The first-order valence-corrected chi connectivity index (χ1v) is 7.50. The molecule has 0 aromatic heterocycles. The Morgan fingerprint density at radius 2 is 2.09 bits per heavy atom. The van der Waals surface area contributed by atoms with Gasteiger partial charge in [0.25, 0.3) is 0 Å². The van der Waals surface area contributed by atoms with Crippen LogP contribution in [0.15, 0.2) is 47.5 Å². The Kier molecular flexibility index (Phi) is 3.74. The van der Waals surface area contributed by atoms with Crippen molar-refractivity contribution in [2.45, 2.75) is 18.9 Å². The third-order valence-corrected chi connectivity index (χ3v) is 4.21. The molecule has 0 aliphatic carbocycles. The summed E-state index contributed by atoms with van der Waals surface area (Å²) in [5, 5.41) is 12.7. The predicted molar refractivity (Wildman–Crippen MR) is 90.3 cm³/mol. The number of aliphatic imine (C=N–C) groups is 1. The van der Waals surface area contributed by atoms with Crippen molar-refractivity contribution in [1.82, 2.24) is 5.32 Å². The molecule has 0 bridgehead atoms. The highest BCUT2D eigenvalue weighted by atomic mass is 35.5. The Labute approximate surface area is 138 Å². The lowest BCUT2D eigenvalue weighted by Crippen LogP contribution is -2.46. The molecule has 1 aliphatic rings. The Morgan fingerprint density at radius 3 is 2.78 bits per heavy atom. The van der Waals surface area contributed by atoms with Crippen LogP contribution in [0.5, 0.6) is 5.75 Å². The summed E-state index contributed by atoms with van der Waals surface area (Å²) >= 11 is 6.30. The van der Waals surface area contributed by atoms with E-state index in [1.54, 1.807) is 24.3 Å². The number of hydrogen-bond acceptors (Lipinski definition) is 4. The summed E-state index contributed by atoms with van der Waals surface area (Å²) in [7, 11) is 0. The van der Waals surface area contributed by atoms with E-state index in [0.717, 1.165) is 16.7 Å². The van der Waals surface area contributed by atoms with Gasteiger partial charge in [-0.25, -0.2) is 4.99 Å². The lowest BCUT2D eigenvalue weighted by atomic mass is 9.86. The van der Waals surface area contributed by atoms with E-state index in [1.807, 2.05) is 25.1 Å². The third-order valence-electron chi connectivity index (χ3n) is 3.88. The molecule has 5 nitrogen and oxygen atoms in total. The number of amides is 1. The van der Waals surface area contributed by atoms with Gasteiger partial charge in [0.05, 0.1) is 12.0 Å². The van der Waals surface area contributed by atoms with E-state index in [4.69, 9.17) is 17.3 Å². The van der Waals surface area contributed by atoms with Crippen molar-refractivity contribution in [3.63, 3.8) is 0 Å². The molecule has 0 saturated carbocycles. The summed E-state index contributed by atoms with van der Waals surface area (Å²) in [5.41, 5.74) is 7.33. The van der Waals surface area contributed by atoms with E-state index >= 15 is 0 Å². The van der Waals surface area contributed by atoms with Crippen molar-refractivity contribution in [1.29, 1.82) is 0 Å². The highest BCUT2D eigenvalue weighted by molar-refractivity contribution is 6.33. The maximum absolute atomic E-state index is 11.8. The first kappa shape index (κ1) is 15.4. The van der Waals surface area contributed by atoms with Crippen LogP contribution in [-0.2, 0) is 10.3 Å². The van der Waals surface area contributed by atoms with Crippen molar-refractivity contribution >= 4 is 23.5 Å². The SMILES string of the molecule is CC1(c2ccc(Cl)c(-c3cccc(O)c3)c2)CC(=O)NC(N)=N1. The van der Waals surface area contributed by atoms with Crippen LogP contribution >= 0.6 is 11.6 Å². The topological polar surface area (TPSA) is 87.7 Å². The zero-order valence-corrected chi connectivity index (χ0v) is 13.3. The number of nitrogens with one attached hydrogen (secondary N) is 1. The van der Waals surface area contributed by atoms with Gasteiger partial charge >= 0.3 is 0 Å². The number of nitrogens with two attached hydrogens (primary N) is 1. The van der Waals surface area contributed by atoms with E-state index < -0.39 is 5.54 Å². The van der Waals surface area contributed by atoms with Gasteiger partial charge in [-0.3, -0.25) is 10.1 Å². The van der Waals surface area contributed by atoms with Crippen LogP contribution in [0, 0.1) is 0 Å². The molecular formula is C17H16ClN3O2. The van der Waals surface area contributed by atoms with Crippen molar-refractivity contribution in [2.24, 2.45) is 10.7 Å². The van der Waals surface area contributed by atoms with Gasteiger partial charge < -0.3 is 10.8 Å². The second-order valence-corrected chi connectivity index (χ2v) is 6.15. The largest absolute Gasteiger partial charge is 0.508 e. The van der Waals surface area contributed by atoms with Crippen LogP contribution in [0.4, 0.5) is 0 Å². The summed E-state index contributed by atoms with van der Waals surface area (Å²) in [6, 6.07) is 12.3. The summed E-state index contributed by atoms with van der Waals surface area (Å²) in [6.07, 6.45) is 0.203. The fraction of sp³-hybridized carbons (Fsp3) is 0.176. The average molecular weight is 330 g/mol. The van der Waals surface area contributed by atoms with Crippen molar-refractivity contribution < 1.29 is 9.90 Å². The number of carbonyl (C=O) groups is 1. The molecule has 118 valence electrons. The molecule has 1 unspecified atom stereocenters. The first-order chi connectivity index (χ1) is 10.9. The van der Waals surface area contributed by atoms with E-state index in [-0.39, 0.29) is 24.0 Å². The van der Waals surface area contributed by atoms with Crippen LogP contribution < -0.4 is 11.1 Å². The molecule has 1 amide bonds. The minimum Gasteiger partial charge on any atom is -0.508 e. The number of guanidine groups is 1. The van der Waals surface area contributed by atoms with Crippen LogP contribution in [-0.4, -0.2) is 17.0 Å². The molecule has 0 spiro atoms. The number of halogens is 1. The van der Waals surface area contributed by atoms with Crippen LogP contribution in [0.3, 0.4) is 0 Å². The molecule has 0 fully saturated rings. The molecule has 2 aromatic rings. The number of nitrogens with zero attached hydrogens (tertiary/aromatic N) is 1. The van der Waals surface area contributed by atoms with Gasteiger partial charge in [-0.05, 0) is 42.3 Å². The molecule has 23 heavy (non-hydrogen) atoms. The van der Waals surface area contributed by atoms with Gasteiger partial charge in [0.2, 0.25) is 5.91 Å². The number of phenolic OH excluding ortho intramolecular Hbond substituents is 1. The molecule has 1 heterocycles. The van der Waals surface area contributed by atoms with Gasteiger partial charge in [-0.2, -0.15) is 0 Å². The number of hydrogen-bond donors (Lipinski definition) is 3. The monoisotopic (exact) mass is 329 g/mol. The third kappa shape index (κ3) is 3.00. The first-order valence-electron chi connectivity index (χ1n) is 7.12. The van der Waals surface area contributed by atoms with Gasteiger partial charge in [0.15, 0.2) is 5.96 Å². The highest BCUT2D eigenvalue weighted by Gasteiger charge is 2.33. The quantitative estimate of drug-likeness (QED) is 0.791. The fourth-order valence-corrected chi connectivity index (χ4v) is 2.98. The number of rotatable bonds is 2. The van der Waals surface area contributed by atoms with Gasteiger partial charge in [0, 0.05) is 10.6 Å². The normalized spacial score (nSPS) is 20.8. The number of carbonyl (C=O) groups excluding carboxylic acids is 1. The Balaban J connectivity index is 2.11. The molecule has 4 N–H and O–H groups in total. The molecule has 3 rings (SSSR count). The zero-order chi connectivity index (χ0) is 16.6. The lowest BCUT2D eigenvalue weighted by Gasteiger charge is -2.30. The number of benzene rings is 2. The Bertz CT molecular complexity index is 819. The van der Waals surface area contributed by atoms with Crippen LogP contribution in [0.1, 0.15) is 18.9 Å². The molecule has 0 radical (unpaired) electrons. The summed E-state index contributed by atoms with van der Waals surface area (Å²) in [6.45, 7) is 1.86. The molecular weight excluding hydrogens is 314 g/mol. The maximum Gasteiger partial charge on any atom is 0.229 e. The molecule has 0 saturated heterocycles. The molecule has 1 aliphatic heterocycles. The Hall–Kier alpha value is -2.53.